The molecule has 0 aliphatic carbocycles. The fourth-order valence-corrected chi connectivity index (χ4v) is 9.08. The number of benzene rings is 1. The van der Waals surface area contributed by atoms with E-state index in [2.05, 4.69) is 4.72 Å². The van der Waals surface area contributed by atoms with E-state index in [9.17, 15) is 27.6 Å². The van der Waals surface area contributed by atoms with E-state index < -0.39 is 57.8 Å². The lowest BCUT2D eigenvalue weighted by Crippen LogP contribution is -2.54. The van der Waals surface area contributed by atoms with E-state index in [4.69, 9.17) is 15.2 Å². The number of likely N-dealkylation sites (tertiary alicyclic amines) is 1. The van der Waals surface area contributed by atoms with Gasteiger partial charge in [0, 0.05) is 45.8 Å². The van der Waals surface area contributed by atoms with E-state index in [1.165, 1.54) is 14.2 Å². The molecule has 1 aliphatic heterocycles. The van der Waals surface area contributed by atoms with Gasteiger partial charge in [-0.2, -0.15) is 0 Å². The number of methoxy groups -OCH3 is 2. The summed E-state index contributed by atoms with van der Waals surface area (Å²) >= 11 is 0. The van der Waals surface area contributed by atoms with Crippen LogP contribution in [0, 0.1) is 29.6 Å². The molecule has 8 atom stereocenters. The van der Waals surface area contributed by atoms with Crippen molar-refractivity contribution in [2.45, 2.75) is 117 Å². The van der Waals surface area contributed by atoms with Crippen molar-refractivity contribution in [3.63, 3.8) is 0 Å². The van der Waals surface area contributed by atoms with Crippen LogP contribution >= 0.6 is 0 Å². The Morgan fingerprint density at radius 2 is 1.55 bits per heavy atom. The molecule has 3 N–H and O–H groups in total. The van der Waals surface area contributed by atoms with Crippen LogP contribution in [0.25, 0.3) is 0 Å². The van der Waals surface area contributed by atoms with E-state index in [0.29, 0.717) is 30.6 Å². The minimum absolute atomic E-state index is 0.0199. The van der Waals surface area contributed by atoms with Crippen molar-refractivity contribution in [2.24, 2.45) is 29.6 Å². The minimum Gasteiger partial charge on any atom is -0.399 e. The van der Waals surface area contributed by atoms with Crippen molar-refractivity contribution in [1.82, 2.24) is 19.4 Å². The standard InChI is InChI=1S/C39H67N5O8S/c1-13-26(6)36(43(10)39(48)30(24(2)3)21-32(45)35(25(4)5)42(8)9)33(51-11)22-34(46)44-20-14-15-31(44)37(52-12)27(7)38(47)41-53(49,50)23-28-16-18-29(40)19-17-28/h16-19,24-27,30-31,33,35-37H,13-15,20-23,40H2,1-12H3,(H,41,47)/t26-,27+,30-,31-,33+,35-,36-,37+/m0/s1. The van der Waals surface area contributed by atoms with E-state index in [1.54, 1.807) is 48.0 Å². The smallest absolute Gasteiger partial charge is 0.239 e. The number of ether oxygens (including phenoxy) is 2. The molecule has 1 heterocycles. The lowest BCUT2D eigenvalue weighted by Gasteiger charge is -2.41. The molecule has 0 unspecified atom stereocenters. The summed E-state index contributed by atoms with van der Waals surface area (Å²) in [5.74, 6) is -2.92. The normalized spacial score (nSPS) is 19.1. The van der Waals surface area contributed by atoms with Gasteiger partial charge in [0.15, 0.2) is 5.78 Å². The van der Waals surface area contributed by atoms with E-state index >= 15 is 0 Å². The maximum Gasteiger partial charge on any atom is 0.239 e. The Bertz CT molecular complexity index is 1460. The van der Waals surface area contributed by atoms with Crippen molar-refractivity contribution in [1.29, 1.82) is 0 Å². The predicted molar refractivity (Wildman–Crippen MR) is 208 cm³/mol. The average Bonchev–Trinajstić information content (AvgIpc) is 3.56. The van der Waals surface area contributed by atoms with Crippen LogP contribution in [0.2, 0.25) is 0 Å². The number of nitrogens with zero attached hydrogens (tertiary/aromatic N) is 3. The molecule has 302 valence electrons. The lowest BCUT2D eigenvalue weighted by molar-refractivity contribution is -0.149. The summed E-state index contributed by atoms with van der Waals surface area (Å²) in [5, 5.41) is 0. The summed E-state index contributed by atoms with van der Waals surface area (Å²) in [6.45, 7) is 14.0. The molecule has 0 radical (unpaired) electrons. The summed E-state index contributed by atoms with van der Waals surface area (Å²) < 4.78 is 39.8. The molecule has 1 aromatic rings. The molecule has 0 aromatic heterocycles. The number of anilines is 1. The van der Waals surface area contributed by atoms with Crippen molar-refractivity contribution < 1.29 is 37.1 Å². The molecule has 1 aliphatic rings. The Kier molecular flexibility index (Phi) is 17.9. The Hall–Kier alpha value is -3.07. The molecule has 53 heavy (non-hydrogen) atoms. The lowest BCUT2D eigenvalue weighted by atomic mass is 9.83. The van der Waals surface area contributed by atoms with Gasteiger partial charge in [-0.05, 0) is 62.4 Å². The van der Waals surface area contributed by atoms with E-state index in [1.807, 2.05) is 60.5 Å². The summed E-state index contributed by atoms with van der Waals surface area (Å²) in [6.07, 6.45) is 0.649. The van der Waals surface area contributed by atoms with Gasteiger partial charge in [0.25, 0.3) is 0 Å². The molecule has 0 spiro atoms. The Labute approximate surface area is 318 Å². The van der Waals surface area contributed by atoms with Crippen LogP contribution in [0.15, 0.2) is 24.3 Å². The van der Waals surface area contributed by atoms with E-state index in [0.717, 1.165) is 6.42 Å². The number of nitrogens with two attached hydrogens (primary N) is 1. The zero-order valence-electron chi connectivity index (χ0n) is 34.1. The number of rotatable bonds is 21. The second-order valence-corrected chi connectivity index (χ2v) is 17.5. The van der Waals surface area contributed by atoms with E-state index in [-0.39, 0.29) is 54.2 Å². The fourth-order valence-electron chi connectivity index (χ4n) is 7.89. The molecule has 13 nitrogen and oxygen atoms in total. The average molecular weight is 766 g/mol. The molecule has 0 saturated carbocycles. The highest BCUT2D eigenvalue weighted by Crippen LogP contribution is 2.31. The maximum atomic E-state index is 14.2. The number of hydrogen-bond donors (Lipinski definition) is 2. The topological polar surface area (TPSA) is 169 Å². The summed E-state index contributed by atoms with van der Waals surface area (Å²) in [4.78, 5) is 60.5. The Morgan fingerprint density at radius 3 is 2.04 bits per heavy atom. The van der Waals surface area contributed by atoms with Gasteiger partial charge in [-0.25, -0.2) is 8.42 Å². The Morgan fingerprint density at radius 1 is 0.943 bits per heavy atom. The number of hydrogen-bond acceptors (Lipinski definition) is 10. The third kappa shape index (κ3) is 12.5. The monoisotopic (exact) mass is 765 g/mol. The number of nitrogens with one attached hydrogen (secondary N) is 1. The quantitative estimate of drug-likeness (QED) is 0.175. The molecular weight excluding hydrogens is 699 g/mol. The number of Topliss-reactive ketones (excluding diaryl/α,β-unsaturated/α-hetero) is 1. The number of carbonyl (C=O) groups excluding carboxylic acids is 4. The van der Waals surface area contributed by atoms with Crippen LogP contribution in [0.1, 0.15) is 86.1 Å². The molecular formula is C39H67N5O8S. The second kappa shape index (κ2) is 20.6. The van der Waals surface area contributed by atoms with Crippen molar-refractivity contribution in [3.8, 4) is 0 Å². The van der Waals surface area contributed by atoms with Gasteiger partial charge in [-0.3, -0.25) is 28.8 Å². The van der Waals surface area contributed by atoms with Crippen molar-refractivity contribution in [3.05, 3.63) is 29.8 Å². The summed E-state index contributed by atoms with van der Waals surface area (Å²) in [7, 11) is 4.47. The third-order valence-electron chi connectivity index (χ3n) is 10.9. The van der Waals surface area contributed by atoms with Gasteiger partial charge in [0.2, 0.25) is 27.7 Å². The zero-order chi connectivity index (χ0) is 40.4. The van der Waals surface area contributed by atoms with Crippen molar-refractivity contribution in [2.75, 3.05) is 47.6 Å². The number of amides is 3. The molecule has 14 heteroatoms. The van der Waals surface area contributed by atoms with Gasteiger partial charge >= 0.3 is 0 Å². The highest BCUT2D eigenvalue weighted by atomic mass is 32.2. The van der Waals surface area contributed by atoms with Gasteiger partial charge in [-0.15, -0.1) is 0 Å². The molecule has 3 amide bonds. The highest BCUT2D eigenvalue weighted by molar-refractivity contribution is 7.89. The summed E-state index contributed by atoms with van der Waals surface area (Å²) in [5.41, 5.74) is 6.69. The zero-order valence-corrected chi connectivity index (χ0v) is 34.9. The minimum atomic E-state index is -4.02. The van der Waals surface area contributed by atoms with Crippen LogP contribution < -0.4 is 10.5 Å². The van der Waals surface area contributed by atoms with Crippen LogP contribution in [0.4, 0.5) is 5.69 Å². The first-order valence-electron chi connectivity index (χ1n) is 18.9. The van der Waals surface area contributed by atoms with Crippen LogP contribution in [0.3, 0.4) is 0 Å². The number of ketones is 1. The van der Waals surface area contributed by atoms with Gasteiger partial charge in [-0.1, -0.05) is 67.0 Å². The van der Waals surface area contributed by atoms with Crippen LogP contribution in [0.5, 0.6) is 0 Å². The molecule has 0 bridgehead atoms. The van der Waals surface area contributed by atoms with Gasteiger partial charge in [0.1, 0.15) is 0 Å². The first-order valence-corrected chi connectivity index (χ1v) is 20.6. The van der Waals surface area contributed by atoms with Crippen LogP contribution in [-0.4, -0.2) is 119 Å². The third-order valence-corrected chi connectivity index (χ3v) is 12.1. The number of likely N-dealkylation sites (N-methyl/N-ethyl adjacent to an activating group) is 2. The second-order valence-electron chi connectivity index (χ2n) is 15.7. The number of carbonyl (C=O) groups is 4. The fraction of sp³-hybridized carbons (Fsp3) is 0.744. The highest BCUT2D eigenvalue weighted by Gasteiger charge is 2.43. The first kappa shape index (κ1) is 46.1. The van der Waals surface area contributed by atoms with Gasteiger partial charge < -0.3 is 25.0 Å². The summed E-state index contributed by atoms with van der Waals surface area (Å²) in [6, 6.07) is 5.13. The molecule has 2 rings (SSSR count). The first-order chi connectivity index (χ1) is 24.7. The predicted octanol–water partition coefficient (Wildman–Crippen LogP) is 3.95. The number of nitrogen functional groups attached to an aromatic ring is 1. The van der Waals surface area contributed by atoms with Gasteiger partial charge in [0.05, 0.1) is 48.4 Å². The van der Waals surface area contributed by atoms with Crippen LogP contribution in [-0.2, 0) is 44.4 Å². The largest absolute Gasteiger partial charge is 0.399 e. The SMILES string of the molecule is CC[C@H](C)[C@@H]([C@@H](CC(=O)N1CCC[C@H]1[C@H](OC)[C@@H](C)C(=O)NS(=O)(=O)Cc1ccc(N)cc1)OC)N(C)C(=O)[C@@H](CC(=O)[C@H](C(C)C)N(C)C)C(C)C. The molecule has 1 aromatic carbocycles. The van der Waals surface area contributed by atoms with Crippen molar-refractivity contribution >= 4 is 39.2 Å². The maximum absolute atomic E-state index is 14.2. The molecule has 1 saturated heterocycles. The number of sulfonamides is 1. The Balaban J connectivity index is 2.26. The molecule has 1 fully saturated rings.